The third-order valence-electron chi connectivity index (χ3n) is 4.35. The van der Waals surface area contributed by atoms with Crippen LogP contribution in [0.1, 0.15) is 20.6 Å². The van der Waals surface area contributed by atoms with Crippen LogP contribution in [0, 0.1) is 5.82 Å². The van der Waals surface area contributed by atoms with E-state index < -0.39 is 23.5 Å². The van der Waals surface area contributed by atoms with Gasteiger partial charge in [-0.05, 0) is 43.0 Å². The standard InChI is InChI=1S/C16H12F4N4O/c17-13-7-11(10-2-5-24-12(6-10)9-22-23-24)8-21-14(13)25-15(3-1-4-15)16(18,19)20/h2,5-9H,1,3-4H2/i9D. The van der Waals surface area contributed by atoms with Crippen molar-refractivity contribution in [3.8, 4) is 17.0 Å². The van der Waals surface area contributed by atoms with Crippen molar-refractivity contribution in [3.05, 3.63) is 42.6 Å². The van der Waals surface area contributed by atoms with Gasteiger partial charge >= 0.3 is 6.18 Å². The maximum absolute atomic E-state index is 14.3. The van der Waals surface area contributed by atoms with Crippen molar-refractivity contribution in [2.45, 2.75) is 31.0 Å². The first-order valence-electron chi connectivity index (χ1n) is 8.02. The number of nitrogens with zero attached hydrogens (tertiary/aromatic N) is 4. The molecule has 0 amide bonds. The highest BCUT2D eigenvalue weighted by Gasteiger charge is 2.61. The summed E-state index contributed by atoms with van der Waals surface area (Å²) in [6.45, 7) is 0. The summed E-state index contributed by atoms with van der Waals surface area (Å²) < 4.78 is 67.8. The molecule has 3 heterocycles. The van der Waals surface area contributed by atoms with E-state index in [0.717, 1.165) is 6.07 Å². The van der Waals surface area contributed by atoms with E-state index in [4.69, 9.17) is 6.11 Å². The van der Waals surface area contributed by atoms with E-state index in [1.54, 1.807) is 18.3 Å². The second-order valence-electron chi connectivity index (χ2n) is 5.91. The molecule has 0 saturated heterocycles. The summed E-state index contributed by atoms with van der Waals surface area (Å²) in [5.74, 6) is -1.64. The number of halogens is 4. The van der Waals surface area contributed by atoms with Gasteiger partial charge in [0.15, 0.2) is 5.82 Å². The van der Waals surface area contributed by atoms with Crippen LogP contribution in [0.3, 0.4) is 0 Å². The molecule has 0 radical (unpaired) electrons. The van der Waals surface area contributed by atoms with Gasteiger partial charge in [-0.2, -0.15) is 13.2 Å². The second-order valence-corrected chi connectivity index (χ2v) is 5.91. The fourth-order valence-electron chi connectivity index (χ4n) is 2.74. The van der Waals surface area contributed by atoms with Gasteiger partial charge in [-0.1, -0.05) is 5.21 Å². The van der Waals surface area contributed by atoms with Gasteiger partial charge < -0.3 is 4.74 Å². The lowest BCUT2D eigenvalue weighted by molar-refractivity contribution is -0.275. The molecule has 0 atom stereocenters. The molecule has 0 aromatic carbocycles. The van der Waals surface area contributed by atoms with Crippen LogP contribution in [0.15, 0.2) is 36.8 Å². The van der Waals surface area contributed by atoms with Gasteiger partial charge in [0, 0.05) is 18.0 Å². The summed E-state index contributed by atoms with van der Waals surface area (Å²) in [4.78, 5) is 3.74. The quantitative estimate of drug-likeness (QED) is 0.672. The number of rotatable bonds is 3. The number of aromatic nitrogens is 4. The van der Waals surface area contributed by atoms with Crippen molar-refractivity contribution in [2.24, 2.45) is 0 Å². The molecule has 4 rings (SSSR count). The zero-order valence-corrected chi connectivity index (χ0v) is 12.7. The predicted molar refractivity (Wildman–Crippen MR) is 79.4 cm³/mol. The van der Waals surface area contributed by atoms with E-state index in [1.807, 2.05) is 0 Å². The Kier molecular flexibility index (Phi) is 3.16. The molecule has 1 aliphatic carbocycles. The molecule has 3 aromatic rings. The van der Waals surface area contributed by atoms with E-state index in [2.05, 4.69) is 15.3 Å². The number of pyridine rings is 2. The first-order valence-corrected chi connectivity index (χ1v) is 7.52. The molecule has 0 aliphatic heterocycles. The summed E-state index contributed by atoms with van der Waals surface area (Å²) in [6.07, 6.45) is -1.90. The lowest BCUT2D eigenvalue weighted by Crippen LogP contribution is -2.55. The molecule has 1 aliphatic rings. The first kappa shape index (κ1) is 14.6. The van der Waals surface area contributed by atoms with Crippen LogP contribution in [-0.4, -0.2) is 31.6 Å². The highest BCUT2D eigenvalue weighted by atomic mass is 19.4. The number of hydrogen-bond donors (Lipinski definition) is 0. The predicted octanol–water partition coefficient (Wildman–Crippen LogP) is 3.79. The van der Waals surface area contributed by atoms with Gasteiger partial charge in [0.1, 0.15) is 0 Å². The summed E-state index contributed by atoms with van der Waals surface area (Å²) in [5, 5.41) is 7.33. The number of hydrogen-bond acceptors (Lipinski definition) is 4. The Balaban J connectivity index is 1.66. The Morgan fingerprint density at radius 3 is 2.68 bits per heavy atom. The molecule has 130 valence electrons. The summed E-state index contributed by atoms with van der Waals surface area (Å²) >= 11 is 0. The van der Waals surface area contributed by atoms with E-state index >= 15 is 0 Å². The van der Waals surface area contributed by atoms with Crippen LogP contribution in [0.4, 0.5) is 17.6 Å². The molecule has 3 aromatic heterocycles. The molecule has 0 unspecified atom stereocenters. The Morgan fingerprint density at radius 1 is 1.24 bits per heavy atom. The van der Waals surface area contributed by atoms with Crippen molar-refractivity contribution >= 4 is 5.52 Å². The summed E-state index contributed by atoms with van der Waals surface area (Å²) in [6, 6.07) is 4.24. The molecule has 0 N–H and O–H groups in total. The zero-order valence-electron chi connectivity index (χ0n) is 13.7. The number of alkyl halides is 3. The van der Waals surface area contributed by atoms with Crippen molar-refractivity contribution in [2.75, 3.05) is 0 Å². The topological polar surface area (TPSA) is 52.3 Å². The third-order valence-corrected chi connectivity index (χ3v) is 4.35. The third kappa shape index (κ3) is 2.59. The maximum atomic E-state index is 14.3. The van der Waals surface area contributed by atoms with Gasteiger partial charge in [0.05, 0.1) is 13.1 Å². The molecule has 1 fully saturated rings. The Morgan fingerprint density at radius 2 is 2.04 bits per heavy atom. The van der Waals surface area contributed by atoms with Crippen LogP contribution in [0.25, 0.3) is 16.6 Å². The van der Waals surface area contributed by atoms with Crippen LogP contribution in [-0.2, 0) is 0 Å². The minimum absolute atomic E-state index is 0.0441. The lowest BCUT2D eigenvalue weighted by atomic mass is 9.79. The van der Waals surface area contributed by atoms with Gasteiger partial charge in [0.25, 0.3) is 5.88 Å². The lowest BCUT2D eigenvalue weighted by Gasteiger charge is -2.42. The molecule has 25 heavy (non-hydrogen) atoms. The highest BCUT2D eigenvalue weighted by molar-refractivity contribution is 5.67. The van der Waals surface area contributed by atoms with E-state index in [0.29, 0.717) is 23.1 Å². The van der Waals surface area contributed by atoms with Crippen molar-refractivity contribution < 1.29 is 23.7 Å². The Labute approximate surface area is 140 Å². The minimum atomic E-state index is -4.58. The maximum Gasteiger partial charge on any atom is 0.428 e. The van der Waals surface area contributed by atoms with E-state index in [1.165, 1.54) is 10.7 Å². The van der Waals surface area contributed by atoms with Crippen molar-refractivity contribution in [3.63, 3.8) is 0 Å². The minimum Gasteiger partial charge on any atom is -0.459 e. The number of ether oxygens (including phenoxy) is 1. The Hall–Kier alpha value is -2.71. The second kappa shape index (κ2) is 5.40. The van der Waals surface area contributed by atoms with Crippen molar-refractivity contribution in [1.82, 2.24) is 19.8 Å². The molecular weight excluding hydrogens is 340 g/mol. The summed E-state index contributed by atoms with van der Waals surface area (Å²) in [7, 11) is 0. The van der Waals surface area contributed by atoms with E-state index in [9.17, 15) is 17.6 Å². The molecule has 9 heteroatoms. The molecule has 0 bridgehead atoms. The monoisotopic (exact) mass is 353 g/mol. The molecular formula is C16H12F4N4O. The highest BCUT2D eigenvalue weighted by Crippen LogP contribution is 2.48. The SMILES string of the molecule is [2H]c1nnn2ccc(-c3cnc(OC4(C(F)(F)F)CCC4)c(F)c3)cc12. The van der Waals surface area contributed by atoms with E-state index in [-0.39, 0.29) is 19.0 Å². The molecule has 0 spiro atoms. The fourth-order valence-corrected chi connectivity index (χ4v) is 2.74. The first-order chi connectivity index (χ1) is 12.3. The van der Waals surface area contributed by atoms with Gasteiger partial charge in [-0.3, -0.25) is 0 Å². The van der Waals surface area contributed by atoms with Crippen LogP contribution in [0.2, 0.25) is 0 Å². The normalized spacial score (nSPS) is 17.2. The molecule has 5 nitrogen and oxygen atoms in total. The average Bonchev–Trinajstić information content (AvgIpc) is 2.91. The number of fused-ring (bicyclic) bond motifs is 1. The average molecular weight is 353 g/mol. The zero-order chi connectivity index (χ0) is 18.5. The van der Waals surface area contributed by atoms with Crippen molar-refractivity contribution in [1.29, 1.82) is 0 Å². The Bertz CT molecular complexity index is 984. The molecule has 1 saturated carbocycles. The smallest absolute Gasteiger partial charge is 0.428 e. The fraction of sp³-hybridized carbons (Fsp3) is 0.312. The summed E-state index contributed by atoms with van der Waals surface area (Å²) in [5.41, 5.74) is -1.08. The largest absolute Gasteiger partial charge is 0.459 e. The van der Waals surface area contributed by atoms with Crippen LogP contribution < -0.4 is 4.74 Å². The van der Waals surface area contributed by atoms with Crippen LogP contribution >= 0.6 is 0 Å². The van der Waals surface area contributed by atoms with Crippen LogP contribution in [0.5, 0.6) is 5.88 Å². The van der Waals surface area contributed by atoms with Gasteiger partial charge in [-0.15, -0.1) is 5.10 Å². The van der Waals surface area contributed by atoms with Gasteiger partial charge in [0.2, 0.25) is 5.60 Å². The van der Waals surface area contributed by atoms with Gasteiger partial charge in [-0.25, -0.2) is 13.9 Å².